The van der Waals surface area contributed by atoms with E-state index >= 15 is 0 Å². The molecule has 1 heterocycles. The summed E-state index contributed by atoms with van der Waals surface area (Å²) in [6.45, 7) is 11.7. The number of hydrogen-bond acceptors (Lipinski definition) is 2. The normalized spacial score (nSPS) is 16.8. The summed E-state index contributed by atoms with van der Waals surface area (Å²) in [6, 6.07) is 8.80. The number of hydrogen-bond donors (Lipinski definition) is 1. The lowest BCUT2D eigenvalue weighted by Gasteiger charge is -2.22. The largest absolute Gasteiger partial charge is 0.381 e. The molecule has 0 bridgehead atoms. The maximum atomic E-state index is 4.93. The first kappa shape index (κ1) is 21.0. The quantitative estimate of drug-likeness (QED) is 0.399. The molecule has 2 rings (SSSR count). The smallest absolute Gasteiger partial charge is 0.0419 e. The molecule has 27 heavy (non-hydrogen) atoms. The van der Waals surface area contributed by atoms with Crippen LogP contribution in [0.25, 0.3) is 5.70 Å². The van der Waals surface area contributed by atoms with Gasteiger partial charge in [0.15, 0.2) is 0 Å². The molecule has 0 aliphatic carbocycles. The molecule has 0 aromatic heterocycles. The van der Waals surface area contributed by atoms with Crippen molar-refractivity contribution in [3.63, 3.8) is 0 Å². The molecule has 0 saturated carbocycles. The van der Waals surface area contributed by atoms with Crippen molar-refractivity contribution in [1.29, 1.82) is 0 Å². The minimum Gasteiger partial charge on any atom is -0.381 e. The highest BCUT2D eigenvalue weighted by atomic mass is 14.9. The minimum atomic E-state index is 0.444. The Balaban J connectivity index is 2.39. The summed E-state index contributed by atoms with van der Waals surface area (Å²) in [5.74, 6) is 0.444. The van der Waals surface area contributed by atoms with Crippen LogP contribution in [0.1, 0.15) is 70.9 Å². The second-order valence-electron chi connectivity index (χ2n) is 7.15. The zero-order valence-electron chi connectivity index (χ0n) is 17.5. The van der Waals surface area contributed by atoms with Crippen LogP contribution in [-0.2, 0) is 0 Å². The maximum Gasteiger partial charge on any atom is 0.0419 e. The second-order valence-corrected chi connectivity index (χ2v) is 7.15. The van der Waals surface area contributed by atoms with Gasteiger partial charge in [0.2, 0.25) is 0 Å². The summed E-state index contributed by atoms with van der Waals surface area (Å²) < 4.78 is 0. The predicted molar refractivity (Wildman–Crippen MR) is 120 cm³/mol. The Morgan fingerprint density at radius 2 is 2.00 bits per heavy atom. The van der Waals surface area contributed by atoms with Gasteiger partial charge in [-0.1, -0.05) is 61.9 Å². The third-order valence-corrected chi connectivity index (χ3v) is 5.14. The number of dihydropyridines is 1. The van der Waals surface area contributed by atoms with Crippen molar-refractivity contribution in [1.82, 2.24) is 5.32 Å². The van der Waals surface area contributed by atoms with Crippen LogP contribution in [-0.4, -0.2) is 12.3 Å². The maximum absolute atomic E-state index is 4.93. The van der Waals surface area contributed by atoms with Crippen molar-refractivity contribution >= 4 is 11.4 Å². The molecule has 0 fully saturated rings. The zero-order valence-corrected chi connectivity index (χ0v) is 17.5. The number of aliphatic imine (C=N–C) groups is 1. The van der Waals surface area contributed by atoms with Crippen LogP contribution in [0.15, 0.2) is 70.9 Å². The first-order valence-electron chi connectivity index (χ1n) is 10.2. The van der Waals surface area contributed by atoms with Crippen molar-refractivity contribution in [3.05, 3.63) is 77.0 Å². The molecule has 0 saturated heterocycles. The molecule has 2 nitrogen and oxygen atoms in total. The number of benzene rings is 1. The van der Waals surface area contributed by atoms with E-state index < -0.39 is 0 Å². The highest BCUT2D eigenvalue weighted by Crippen LogP contribution is 2.33. The fraction of sp³-hybridized carbons (Fsp3) is 0.400. The Kier molecular flexibility index (Phi) is 8.32. The van der Waals surface area contributed by atoms with Crippen molar-refractivity contribution in [3.8, 4) is 0 Å². The fourth-order valence-corrected chi connectivity index (χ4v) is 3.28. The van der Waals surface area contributed by atoms with E-state index in [1.165, 1.54) is 33.8 Å². The Labute approximate surface area is 165 Å². The van der Waals surface area contributed by atoms with Gasteiger partial charge in [0.1, 0.15) is 0 Å². The second kappa shape index (κ2) is 10.7. The van der Waals surface area contributed by atoms with E-state index in [0.717, 1.165) is 25.8 Å². The van der Waals surface area contributed by atoms with Crippen LogP contribution in [0.2, 0.25) is 0 Å². The predicted octanol–water partition coefficient (Wildman–Crippen LogP) is 6.79. The van der Waals surface area contributed by atoms with E-state index in [1.54, 1.807) is 0 Å². The van der Waals surface area contributed by atoms with Gasteiger partial charge < -0.3 is 5.32 Å². The Hall–Kier alpha value is -2.35. The summed E-state index contributed by atoms with van der Waals surface area (Å²) in [5, 5.41) is 3.51. The van der Waals surface area contributed by atoms with Gasteiger partial charge in [-0.3, -0.25) is 4.99 Å². The summed E-state index contributed by atoms with van der Waals surface area (Å²) in [6.07, 6.45) is 13.9. The molecule has 1 aliphatic rings. The Morgan fingerprint density at radius 3 is 2.63 bits per heavy atom. The summed E-state index contributed by atoms with van der Waals surface area (Å²) in [7, 11) is 0. The molecule has 144 valence electrons. The molecular weight excluding hydrogens is 328 g/mol. The van der Waals surface area contributed by atoms with Crippen LogP contribution in [0.4, 0.5) is 0 Å². The molecule has 0 radical (unpaired) electrons. The highest BCUT2D eigenvalue weighted by molar-refractivity contribution is 5.82. The Bertz CT molecular complexity index is 775. The molecule has 1 aromatic carbocycles. The zero-order chi connectivity index (χ0) is 19.6. The van der Waals surface area contributed by atoms with E-state index in [-0.39, 0.29) is 0 Å². The first-order valence-corrected chi connectivity index (χ1v) is 10.2. The van der Waals surface area contributed by atoms with Crippen molar-refractivity contribution in [2.45, 2.75) is 59.8 Å². The van der Waals surface area contributed by atoms with Crippen LogP contribution in [0.5, 0.6) is 0 Å². The molecule has 1 N–H and O–H groups in total. The lowest BCUT2D eigenvalue weighted by Crippen LogP contribution is -2.16. The van der Waals surface area contributed by atoms with Gasteiger partial charge in [-0.2, -0.15) is 0 Å². The summed E-state index contributed by atoms with van der Waals surface area (Å²) in [5.41, 5.74) is 7.57. The number of rotatable bonds is 8. The fourth-order valence-electron chi connectivity index (χ4n) is 3.28. The van der Waals surface area contributed by atoms with E-state index in [0.29, 0.717) is 5.92 Å². The van der Waals surface area contributed by atoms with Gasteiger partial charge in [-0.05, 0) is 63.7 Å². The van der Waals surface area contributed by atoms with Crippen molar-refractivity contribution < 1.29 is 0 Å². The molecule has 0 amide bonds. The lowest BCUT2D eigenvalue weighted by atomic mass is 9.86. The minimum absolute atomic E-state index is 0.444. The first-order chi connectivity index (χ1) is 13.1. The molecule has 1 aliphatic heterocycles. The lowest BCUT2D eigenvalue weighted by molar-refractivity contribution is 0.649. The molecule has 2 heteroatoms. The monoisotopic (exact) mass is 362 g/mol. The summed E-state index contributed by atoms with van der Waals surface area (Å²) in [4.78, 5) is 4.93. The topological polar surface area (TPSA) is 24.4 Å². The Morgan fingerprint density at radius 1 is 1.22 bits per heavy atom. The number of allylic oxidation sites excluding steroid dienone is 6. The number of nitrogens with zero attached hydrogens (tertiary/aromatic N) is 1. The van der Waals surface area contributed by atoms with Gasteiger partial charge in [0.05, 0.1) is 0 Å². The van der Waals surface area contributed by atoms with Gasteiger partial charge in [0, 0.05) is 29.2 Å². The number of nitrogens with one attached hydrogen (secondary N) is 1. The van der Waals surface area contributed by atoms with E-state index in [2.05, 4.69) is 94.6 Å². The van der Waals surface area contributed by atoms with Gasteiger partial charge >= 0.3 is 0 Å². The van der Waals surface area contributed by atoms with E-state index in [9.17, 15) is 0 Å². The highest BCUT2D eigenvalue weighted by Gasteiger charge is 2.17. The molecular formula is C25H34N2. The third-order valence-electron chi connectivity index (χ3n) is 5.14. The SMILES string of the molecule is C/C=C(C)/C=C(CC(CC)c1ccccc1C1=CC=CCN1)\N=C(\C)CC. The average Bonchev–Trinajstić information content (AvgIpc) is 2.72. The molecule has 1 unspecified atom stereocenters. The van der Waals surface area contributed by atoms with Gasteiger partial charge in [-0.25, -0.2) is 0 Å². The van der Waals surface area contributed by atoms with Crippen molar-refractivity contribution in [2.24, 2.45) is 4.99 Å². The summed E-state index contributed by atoms with van der Waals surface area (Å²) >= 11 is 0. The van der Waals surface area contributed by atoms with Gasteiger partial charge in [-0.15, -0.1) is 0 Å². The molecule has 1 aromatic rings. The van der Waals surface area contributed by atoms with Crippen LogP contribution in [0, 0.1) is 0 Å². The van der Waals surface area contributed by atoms with E-state index in [4.69, 9.17) is 4.99 Å². The van der Waals surface area contributed by atoms with Crippen LogP contribution < -0.4 is 5.32 Å². The molecule has 1 atom stereocenters. The van der Waals surface area contributed by atoms with Crippen LogP contribution >= 0.6 is 0 Å². The standard InChI is InChI=1S/C25H34N2/c1-6-19(4)17-22(27-20(5)7-2)18-21(8-3)23-13-9-10-14-24(23)25-15-11-12-16-26-25/h6,9-15,17,21,26H,7-8,16,18H2,1-5H3/b19-6+,22-17-,27-20-. The third kappa shape index (κ3) is 6.09. The van der Waals surface area contributed by atoms with Crippen molar-refractivity contribution in [2.75, 3.05) is 6.54 Å². The van der Waals surface area contributed by atoms with Crippen LogP contribution in [0.3, 0.4) is 0 Å². The average molecular weight is 363 g/mol. The molecule has 0 spiro atoms. The van der Waals surface area contributed by atoms with E-state index in [1.807, 2.05) is 0 Å². The van der Waals surface area contributed by atoms with Gasteiger partial charge in [0.25, 0.3) is 0 Å².